The number of nitrogens with zero attached hydrogens (tertiary/aromatic N) is 1. The van der Waals surface area contributed by atoms with Crippen molar-refractivity contribution in [1.82, 2.24) is 4.98 Å². The van der Waals surface area contributed by atoms with Crippen molar-refractivity contribution < 1.29 is 9.47 Å². The SMILES string of the molecule is N[C@H]1C[C@@H](COc2cc3ccnc(OCc4ccccc4)c3cc2Cl)C1. The Morgan fingerprint density at radius 2 is 1.88 bits per heavy atom. The molecule has 0 bridgehead atoms. The van der Waals surface area contributed by atoms with Crippen LogP contribution in [0.3, 0.4) is 0 Å². The summed E-state index contributed by atoms with van der Waals surface area (Å²) in [4.78, 5) is 4.36. The number of aromatic nitrogens is 1. The molecule has 0 radical (unpaired) electrons. The summed E-state index contributed by atoms with van der Waals surface area (Å²) in [7, 11) is 0. The third kappa shape index (κ3) is 3.76. The van der Waals surface area contributed by atoms with Crippen molar-refractivity contribution in [2.45, 2.75) is 25.5 Å². The Morgan fingerprint density at radius 1 is 1.08 bits per heavy atom. The van der Waals surface area contributed by atoms with Crippen LogP contribution in [0.4, 0.5) is 0 Å². The van der Waals surface area contributed by atoms with E-state index in [1.54, 1.807) is 6.20 Å². The zero-order valence-electron chi connectivity index (χ0n) is 14.4. The van der Waals surface area contributed by atoms with Crippen molar-refractivity contribution in [3.05, 3.63) is 65.3 Å². The maximum atomic E-state index is 6.43. The maximum Gasteiger partial charge on any atom is 0.221 e. The molecule has 26 heavy (non-hydrogen) atoms. The van der Waals surface area contributed by atoms with Crippen LogP contribution in [0.2, 0.25) is 5.02 Å². The van der Waals surface area contributed by atoms with Crippen LogP contribution in [0.25, 0.3) is 10.8 Å². The lowest BCUT2D eigenvalue weighted by Crippen LogP contribution is -2.39. The highest BCUT2D eigenvalue weighted by Gasteiger charge is 2.26. The van der Waals surface area contributed by atoms with E-state index < -0.39 is 0 Å². The monoisotopic (exact) mass is 368 g/mol. The number of benzene rings is 2. The van der Waals surface area contributed by atoms with E-state index in [1.807, 2.05) is 48.5 Å². The van der Waals surface area contributed by atoms with Gasteiger partial charge in [-0.25, -0.2) is 4.98 Å². The average Bonchev–Trinajstić information content (AvgIpc) is 2.63. The fourth-order valence-corrected chi connectivity index (χ4v) is 3.45. The molecule has 1 aromatic heterocycles. The van der Waals surface area contributed by atoms with E-state index in [0.717, 1.165) is 29.2 Å². The summed E-state index contributed by atoms with van der Waals surface area (Å²) in [5.41, 5.74) is 6.92. The first-order valence-electron chi connectivity index (χ1n) is 8.82. The van der Waals surface area contributed by atoms with Crippen molar-refractivity contribution in [3.8, 4) is 11.6 Å². The van der Waals surface area contributed by atoms with Gasteiger partial charge in [-0.1, -0.05) is 41.9 Å². The van der Waals surface area contributed by atoms with E-state index >= 15 is 0 Å². The van der Waals surface area contributed by atoms with E-state index in [9.17, 15) is 0 Å². The molecule has 1 heterocycles. The van der Waals surface area contributed by atoms with E-state index in [-0.39, 0.29) is 0 Å². The predicted molar refractivity (Wildman–Crippen MR) is 104 cm³/mol. The topological polar surface area (TPSA) is 57.4 Å². The van der Waals surface area contributed by atoms with E-state index in [0.29, 0.717) is 41.8 Å². The second kappa shape index (κ2) is 7.52. The molecule has 1 aliphatic carbocycles. The van der Waals surface area contributed by atoms with Crippen LogP contribution in [-0.4, -0.2) is 17.6 Å². The first kappa shape index (κ1) is 17.1. The summed E-state index contributed by atoms with van der Waals surface area (Å²) in [6.07, 6.45) is 3.78. The Balaban J connectivity index is 1.51. The summed E-state index contributed by atoms with van der Waals surface area (Å²) in [5, 5.41) is 2.44. The molecular weight excluding hydrogens is 348 g/mol. The molecule has 0 amide bonds. The third-order valence-corrected chi connectivity index (χ3v) is 5.04. The van der Waals surface area contributed by atoms with Crippen molar-refractivity contribution in [2.75, 3.05) is 6.61 Å². The number of pyridine rings is 1. The van der Waals surface area contributed by atoms with Gasteiger partial charge in [-0.05, 0) is 47.9 Å². The molecule has 0 atom stereocenters. The van der Waals surface area contributed by atoms with Crippen molar-refractivity contribution in [2.24, 2.45) is 11.7 Å². The molecule has 0 spiro atoms. The van der Waals surface area contributed by atoms with Gasteiger partial charge in [0.2, 0.25) is 5.88 Å². The van der Waals surface area contributed by atoms with Gasteiger partial charge < -0.3 is 15.2 Å². The Labute approximate surface area is 157 Å². The Hall–Kier alpha value is -2.30. The van der Waals surface area contributed by atoms with E-state index in [1.165, 1.54) is 0 Å². The molecule has 1 fully saturated rings. The van der Waals surface area contributed by atoms with Crippen LogP contribution < -0.4 is 15.2 Å². The largest absolute Gasteiger partial charge is 0.492 e. The second-order valence-electron chi connectivity index (χ2n) is 6.80. The van der Waals surface area contributed by atoms with Gasteiger partial charge in [-0.3, -0.25) is 0 Å². The predicted octanol–water partition coefficient (Wildman–Crippen LogP) is 4.58. The minimum Gasteiger partial charge on any atom is -0.492 e. The first-order valence-corrected chi connectivity index (χ1v) is 9.20. The van der Waals surface area contributed by atoms with Crippen molar-refractivity contribution >= 4 is 22.4 Å². The Kier molecular flexibility index (Phi) is 4.96. The number of ether oxygens (including phenoxy) is 2. The molecule has 2 aromatic carbocycles. The van der Waals surface area contributed by atoms with Gasteiger partial charge in [-0.15, -0.1) is 0 Å². The lowest BCUT2D eigenvalue weighted by Gasteiger charge is -2.32. The summed E-state index contributed by atoms with van der Waals surface area (Å²) in [6, 6.07) is 16.1. The van der Waals surface area contributed by atoms with Gasteiger partial charge in [0.25, 0.3) is 0 Å². The number of nitrogens with two attached hydrogens (primary N) is 1. The summed E-state index contributed by atoms with van der Waals surface area (Å²) in [5.74, 6) is 1.79. The van der Waals surface area contributed by atoms with Crippen LogP contribution in [0.5, 0.6) is 11.6 Å². The lowest BCUT2D eigenvalue weighted by atomic mass is 9.82. The molecule has 3 aromatic rings. The number of hydrogen-bond donors (Lipinski definition) is 1. The van der Waals surface area contributed by atoms with Gasteiger partial charge in [0.1, 0.15) is 12.4 Å². The van der Waals surface area contributed by atoms with Crippen molar-refractivity contribution in [1.29, 1.82) is 0 Å². The fraction of sp³-hybridized carbons (Fsp3) is 0.286. The van der Waals surface area contributed by atoms with Gasteiger partial charge in [0.15, 0.2) is 0 Å². The minimum absolute atomic E-state index is 0.325. The smallest absolute Gasteiger partial charge is 0.221 e. The molecule has 0 aliphatic heterocycles. The zero-order chi connectivity index (χ0) is 17.9. The van der Waals surface area contributed by atoms with Gasteiger partial charge in [0, 0.05) is 17.6 Å². The Bertz CT molecular complexity index is 895. The molecule has 4 nitrogen and oxygen atoms in total. The van der Waals surface area contributed by atoms with Crippen LogP contribution in [0.1, 0.15) is 18.4 Å². The quantitative estimate of drug-likeness (QED) is 0.691. The highest BCUT2D eigenvalue weighted by Crippen LogP contribution is 2.35. The third-order valence-electron chi connectivity index (χ3n) is 4.75. The standard InChI is InChI=1S/C21H21ClN2O2/c22-19-11-18-16(10-20(19)25-13-15-8-17(23)9-15)6-7-24-21(18)26-12-14-4-2-1-3-5-14/h1-7,10-11,15,17H,8-9,12-13,23H2/t15-,17+. The summed E-state index contributed by atoms with van der Waals surface area (Å²) in [6.45, 7) is 1.12. The Morgan fingerprint density at radius 3 is 2.65 bits per heavy atom. The molecule has 1 aliphatic rings. The molecule has 0 unspecified atom stereocenters. The minimum atomic E-state index is 0.325. The van der Waals surface area contributed by atoms with Crippen LogP contribution in [-0.2, 0) is 6.61 Å². The highest BCUT2D eigenvalue weighted by atomic mass is 35.5. The summed E-state index contributed by atoms with van der Waals surface area (Å²) >= 11 is 6.43. The molecule has 2 N–H and O–H groups in total. The molecular formula is C21H21ClN2O2. The number of fused-ring (bicyclic) bond motifs is 1. The van der Waals surface area contributed by atoms with E-state index in [2.05, 4.69) is 4.98 Å². The fourth-order valence-electron chi connectivity index (χ4n) is 3.23. The molecule has 4 rings (SSSR count). The number of hydrogen-bond acceptors (Lipinski definition) is 4. The van der Waals surface area contributed by atoms with Gasteiger partial charge in [0.05, 0.1) is 11.6 Å². The molecule has 134 valence electrons. The van der Waals surface area contributed by atoms with Crippen LogP contribution in [0, 0.1) is 5.92 Å². The average molecular weight is 369 g/mol. The number of halogens is 1. The zero-order valence-corrected chi connectivity index (χ0v) is 15.2. The van der Waals surface area contributed by atoms with E-state index in [4.69, 9.17) is 26.8 Å². The summed E-state index contributed by atoms with van der Waals surface area (Å²) < 4.78 is 11.8. The van der Waals surface area contributed by atoms with Gasteiger partial charge >= 0.3 is 0 Å². The normalized spacial score (nSPS) is 19.2. The molecule has 0 saturated heterocycles. The number of rotatable bonds is 6. The van der Waals surface area contributed by atoms with Crippen molar-refractivity contribution in [3.63, 3.8) is 0 Å². The highest BCUT2D eigenvalue weighted by molar-refractivity contribution is 6.33. The molecule has 1 saturated carbocycles. The first-order chi connectivity index (χ1) is 12.7. The maximum absolute atomic E-state index is 6.43. The lowest BCUT2D eigenvalue weighted by molar-refractivity contribution is 0.160. The van der Waals surface area contributed by atoms with Gasteiger partial charge in [-0.2, -0.15) is 0 Å². The second-order valence-corrected chi connectivity index (χ2v) is 7.21. The molecule has 5 heteroatoms. The van der Waals surface area contributed by atoms with Crippen LogP contribution >= 0.6 is 11.6 Å². The van der Waals surface area contributed by atoms with Crippen LogP contribution in [0.15, 0.2) is 54.7 Å².